The topological polar surface area (TPSA) is 64.9 Å². The van der Waals surface area contributed by atoms with Gasteiger partial charge in [0.15, 0.2) is 5.82 Å². The molecule has 0 aliphatic carbocycles. The van der Waals surface area contributed by atoms with Gasteiger partial charge in [0, 0.05) is 18.8 Å². The molecule has 21 heavy (non-hydrogen) atoms. The first-order valence-corrected chi connectivity index (χ1v) is 7.20. The van der Waals surface area contributed by atoms with Gasteiger partial charge in [0.05, 0.1) is 5.69 Å². The minimum absolute atomic E-state index is 0.397. The fraction of sp³-hybridized carbons (Fsp3) is 0.533. The number of nitrogens with one attached hydrogen (secondary N) is 1. The molecule has 0 aliphatic heterocycles. The molecule has 2 rings (SSSR count). The Morgan fingerprint density at radius 1 is 1.33 bits per heavy atom. The van der Waals surface area contributed by atoms with Crippen LogP contribution in [0.25, 0.3) is 0 Å². The van der Waals surface area contributed by atoms with Gasteiger partial charge in [0.25, 0.3) is 0 Å². The van der Waals surface area contributed by atoms with Crippen LogP contribution in [-0.4, -0.2) is 26.8 Å². The summed E-state index contributed by atoms with van der Waals surface area (Å²) in [7, 11) is 1.90. The van der Waals surface area contributed by atoms with Gasteiger partial charge in [-0.2, -0.15) is 5.10 Å². The molecule has 6 heteroatoms. The number of pyridine rings is 1. The van der Waals surface area contributed by atoms with Crippen LogP contribution in [0.1, 0.15) is 31.1 Å². The highest BCUT2D eigenvalue weighted by atomic mass is 16.5. The fourth-order valence-electron chi connectivity index (χ4n) is 2.06. The molecule has 2 aromatic rings. The summed E-state index contributed by atoms with van der Waals surface area (Å²) in [5, 5.41) is 7.35. The molecular formula is C15H23N5O. The van der Waals surface area contributed by atoms with Crippen LogP contribution in [-0.2, 0) is 19.7 Å². The second-order valence-corrected chi connectivity index (χ2v) is 5.47. The van der Waals surface area contributed by atoms with E-state index in [9.17, 15) is 0 Å². The zero-order chi connectivity index (χ0) is 15.2. The first-order chi connectivity index (χ1) is 10.1. The summed E-state index contributed by atoms with van der Waals surface area (Å²) in [6.07, 6.45) is 1.57. The van der Waals surface area contributed by atoms with E-state index >= 15 is 0 Å². The molecule has 0 amide bonds. The molecular weight excluding hydrogens is 266 g/mol. The van der Waals surface area contributed by atoms with E-state index in [1.54, 1.807) is 6.33 Å². The van der Waals surface area contributed by atoms with Crippen molar-refractivity contribution in [2.24, 2.45) is 5.92 Å². The monoisotopic (exact) mass is 289 g/mol. The van der Waals surface area contributed by atoms with Crippen LogP contribution in [0.2, 0.25) is 0 Å². The number of nitrogens with zero attached hydrogens (tertiary/aromatic N) is 4. The molecule has 6 nitrogen and oxygen atoms in total. The number of aromatic nitrogens is 4. The van der Waals surface area contributed by atoms with Gasteiger partial charge in [-0.1, -0.05) is 13.8 Å². The summed E-state index contributed by atoms with van der Waals surface area (Å²) in [4.78, 5) is 8.77. The van der Waals surface area contributed by atoms with E-state index in [0.717, 1.165) is 29.5 Å². The maximum atomic E-state index is 5.89. The number of rotatable bonds is 7. The van der Waals surface area contributed by atoms with E-state index in [1.165, 1.54) is 0 Å². The van der Waals surface area contributed by atoms with Crippen LogP contribution < -0.4 is 10.1 Å². The molecule has 0 aromatic carbocycles. The zero-order valence-corrected chi connectivity index (χ0v) is 13.1. The minimum Gasteiger partial charge on any atom is -0.484 e. The Bertz CT molecular complexity index is 579. The van der Waals surface area contributed by atoms with E-state index < -0.39 is 0 Å². The second-order valence-electron chi connectivity index (χ2n) is 5.47. The molecule has 0 saturated heterocycles. The normalized spacial score (nSPS) is 11.1. The van der Waals surface area contributed by atoms with Crippen LogP contribution in [0.5, 0.6) is 5.75 Å². The van der Waals surface area contributed by atoms with Crippen molar-refractivity contribution in [3.8, 4) is 5.75 Å². The van der Waals surface area contributed by atoms with E-state index in [1.807, 2.05) is 30.8 Å². The van der Waals surface area contributed by atoms with Crippen molar-refractivity contribution in [3.63, 3.8) is 0 Å². The van der Waals surface area contributed by atoms with Gasteiger partial charge in [-0.15, -0.1) is 0 Å². The first-order valence-electron chi connectivity index (χ1n) is 7.20. The smallest absolute Gasteiger partial charge is 0.164 e. The average Bonchev–Trinajstić information content (AvgIpc) is 2.85. The van der Waals surface area contributed by atoms with Gasteiger partial charge in [0.1, 0.15) is 18.7 Å². The lowest BCUT2D eigenvalue weighted by Gasteiger charge is -2.12. The number of aryl methyl sites for hydroxylation is 1. The first kappa shape index (κ1) is 15.4. The molecule has 0 unspecified atom stereocenters. The highest BCUT2D eigenvalue weighted by Crippen LogP contribution is 2.18. The van der Waals surface area contributed by atoms with Gasteiger partial charge in [-0.05, 0) is 32.0 Å². The maximum Gasteiger partial charge on any atom is 0.164 e. The quantitative estimate of drug-likeness (QED) is 0.844. The third-order valence-corrected chi connectivity index (χ3v) is 3.01. The molecule has 0 aliphatic rings. The number of hydrogen-bond acceptors (Lipinski definition) is 5. The Morgan fingerprint density at radius 2 is 2.14 bits per heavy atom. The number of ether oxygens (including phenoxy) is 1. The lowest BCUT2D eigenvalue weighted by atomic mass is 10.2. The predicted molar refractivity (Wildman–Crippen MR) is 80.9 cm³/mol. The summed E-state index contributed by atoms with van der Waals surface area (Å²) in [6, 6.07) is 3.91. The van der Waals surface area contributed by atoms with Gasteiger partial charge in [0.2, 0.25) is 0 Å². The van der Waals surface area contributed by atoms with Crippen LogP contribution in [0, 0.1) is 12.8 Å². The van der Waals surface area contributed by atoms with Crippen molar-refractivity contribution in [2.45, 2.75) is 40.5 Å². The Labute approximate surface area is 125 Å². The van der Waals surface area contributed by atoms with Crippen molar-refractivity contribution >= 4 is 0 Å². The lowest BCUT2D eigenvalue weighted by Crippen LogP contribution is -2.14. The highest BCUT2D eigenvalue weighted by molar-refractivity contribution is 5.29. The van der Waals surface area contributed by atoms with Gasteiger partial charge in [-0.25, -0.2) is 9.67 Å². The molecule has 2 aromatic heterocycles. The van der Waals surface area contributed by atoms with E-state index in [2.05, 4.69) is 34.2 Å². The Morgan fingerprint density at radius 3 is 2.86 bits per heavy atom. The highest BCUT2D eigenvalue weighted by Gasteiger charge is 2.10. The standard InChI is InChI=1S/C15H23N5O/c1-11(2)8-20-15(17-10-18-20)9-21-14-6-5-12(3)19-13(14)7-16-4/h5-6,10-11,16H,7-9H2,1-4H3. The Kier molecular flexibility index (Phi) is 5.27. The predicted octanol–water partition coefficient (Wildman–Crippen LogP) is 1.94. The molecule has 0 saturated carbocycles. The van der Waals surface area contributed by atoms with E-state index in [-0.39, 0.29) is 0 Å². The molecule has 114 valence electrons. The molecule has 0 bridgehead atoms. The SMILES string of the molecule is CNCc1nc(C)ccc1OCc1ncnn1CC(C)C. The molecule has 1 N–H and O–H groups in total. The summed E-state index contributed by atoms with van der Waals surface area (Å²) in [5.74, 6) is 2.14. The summed E-state index contributed by atoms with van der Waals surface area (Å²) in [6.45, 7) is 8.20. The fourth-order valence-corrected chi connectivity index (χ4v) is 2.06. The summed E-state index contributed by atoms with van der Waals surface area (Å²) < 4.78 is 7.78. The molecule has 0 atom stereocenters. The third-order valence-electron chi connectivity index (χ3n) is 3.01. The minimum atomic E-state index is 0.397. The Hall–Kier alpha value is -1.95. The van der Waals surface area contributed by atoms with Crippen molar-refractivity contribution < 1.29 is 4.74 Å². The lowest BCUT2D eigenvalue weighted by molar-refractivity contribution is 0.278. The largest absolute Gasteiger partial charge is 0.484 e. The number of hydrogen-bond donors (Lipinski definition) is 1. The molecule has 0 spiro atoms. The Balaban J connectivity index is 2.08. The van der Waals surface area contributed by atoms with Crippen molar-refractivity contribution in [2.75, 3.05) is 7.05 Å². The average molecular weight is 289 g/mol. The second kappa shape index (κ2) is 7.17. The molecule has 2 heterocycles. The van der Waals surface area contributed by atoms with Gasteiger partial charge < -0.3 is 10.1 Å². The van der Waals surface area contributed by atoms with Gasteiger partial charge in [-0.3, -0.25) is 4.98 Å². The van der Waals surface area contributed by atoms with Crippen LogP contribution >= 0.6 is 0 Å². The molecule has 0 fully saturated rings. The van der Waals surface area contributed by atoms with Crippen molar-refractivity contribution in [1.29, 1.82) is 0 Å². The van der Waals surface area contributed by atoms with Crippen molar-refractivity contribution in [1.82, 2.24) is 25.1 Å². The van der Waals surface area contributed by atoms with E-state index in [0.29, 0.717) is 19.1 Å². The van der Waals surface area contributed by atoms with Crippen molar-refractivity contribution in [3.05, 3.63) is 35.7 Å². The van der Waals surface area contributed by atoms with Crippen LogP contribution in [0.15, 0.2) is 18.5 Å². The third kappa shape index (κ3) is 4.26. The summed E-state index contributed by atoms with van der Waals surface area (Å²) in [5.41, 5.74) is 1.89. The molecule has 0 radical (unpaired) electrons. The van der Waals surface area contributed by atoms with Crippen LogP contribution in [0.4, 0.5) is 0 Å². The van der Waals surface area contributed by atoms with E-state index in [4.69, 9.17) is 4.74 Å². The maximum absolute atomic E-state index is 5.89. The van der Waals surface area contributed by atoms with Crippen LogP contribution in [0.3, 0.4) is 0 Å². The zero-order valence-electron chi connectivity index (χ0n) is 13.1. The van der Waals surface area contributed by atoms with Gasteiger partial charge >= 0.3 is 0 Å². The summed E-state index contributed by atoms with van der Waals surface area (Å²) >= 11 is 0.